The van der Waals surface area contributed by atoms with E-state index >= 15 is 0 Å². The number of benzene rings is 3. The third kappa shape index (κ3) is 2.45. The van der Waals surface area contributed by atoms with E-state index in [2.05, 4.69) is 87.0 Å². The Morgan fingerprint density at radius 2 is 1.72 bits per heavy atom. The highest BCUT2D eigenvalue weighted by molar-refractivity contribution is 6.09. The maximum absolute atomic E-state index is 6.25. The van der Waals surface area contributed by atoms with E-state index < -0.39 is 0 Å². The third-order valence-electron chi connectivity index (χ3n) is 6.32. The van der Waals surface area contributed by atoms with E-state index in [0.717, 1.165) is 33.4 Å². The van der Waals surface area contributed by atoms with Crippen LogP contribution in [0.25, 0.3) is 21.9 Å². The molecule has 1 aromatic heterocycles. The van der Waals surface area contributed by atoms with Crippen LogP contribution in [0.3, 0.4) is 0 Å². The van der Waals surface area contributed by atoms with Gasteiger partial charge in [-0.3, -0.25) is 0 Å². The summed E-state index contributed by atoms with van der Waals surface area (Å²) in [5.41, 5.74) is 8.98. The summed E-state index contributed by atoms with van der Waals surface area (Å²) in [6, 6.07) is 15.2. The molecule has 4 aromatic rings. The second kappa shape index (κ2) is 6.18. The predicted molar refractivity (Wildman–Crippen MR) is 121 cm³/mol. The molecule has 29 heavy (non-hydrogen) atoms. The number of rotatable bonds is 2. The highest BCUT2D eigenvalue weighted by Gasteiger charge is 2.34. The van der Waals surface area contributed by atoms with Gasteiger partial charge in [0.15, 0.2) is 0 Å². The summed E-state index contributed by atoms with van der Waals surface area (Å²) in [6.45, 7) is 8.58. The van der Waals surface area contributed by atoms with E-state index in [0.29, 0.717) is 0 Å². The fourth-order valence-corrected chi connectivity index (χ4v) is 4.61. The first-order valence-corrected chi connectivity index (χ1v) is 10.0. The first-order valence-electron chi connectivity index (χ1n) is 10.0. The molecular weight excluding hydrogens is 360 g/mol. The topological polar surface area (TPSA) is 28.9 Å². The van der Waals surface area contributed by atoms with Gasteiger partial charge in [0.2, 0.25) is 0 Å². The molecule has 0 saturated carbocycles. The van der Waals surface area contributed by atoms with Crippen molar-refractivity contribution >= 4 is 39.0 Å². The second-order valence-electron chi connectivity index (χ2n) is 8.11. The van der Waals surface area contributed by atoms with Gasteiger partial charge in [0.05, 0.1) is 18.5 Å². The van der Waals surface area contributed by atoms with Crippen LogP contribution in [0, 0.1) is 20.8 Å². The Hall–Kier alpha value is -3.14. The molecule has 4 nitrogen and oxygen atoms in total. The van der Waals surface area contributed by atoms with Gasteiger partial charge in [-0.1, -0.05) is 18.2 Å². The fraction of sp³-hybridized carbons (Fsp3) is 0.280. The third-order valence-corrected chi connectivity index (χ3v) is 6.32. The lowest BCUT2D eigenvalue weighted by atomic mass is 10.1. The molecule has 0 spiro atoms. The minimum absolute atomic E-state index is 0.190. The van der Waals surface area contributed by atoms with Crippen molar-refractivity contribution in [3.05, 3.63) is 59.2 Å². The van der Waals surface area contributed by atoms with Crippen LogP contribution in [0.4, 0.5) is 17.1 Å². The number of ether oxygens (including phenoxy) is 1. The molecule has 1 aliphatic heterocycles. The molecule has 1 aliphatic rings. The van der Waals surface area contributed by atoms with E-state index in [-0.39, 0.29) is 6.17 Å². The van der Waals surface area contributed by atoms with Crippen LogP contribution in [-0.2, 0) is 0 Å². The number of hydrogen-bond acceptors (Lipinski definition) is 4. The van der Waals surface area contributed by atoms with E-state index in [1.54, 1.807) is 7.11 Å². The minimum atomic E-state index is 0.190. The van der Waals surface area contributed by atoms with Gasteiger partial charge >= 0.3 is 0 Å². The summed E-state index contributed by atoms with van der Waals surface area (Å²) >= 11 is 0. The van der Waals surface area contributed by atoms with Gasteiger partial charge in [0.1, 0.15) is 23.1 Å². The lowest BCUT2D eigenvalue weighted by Crippen LogP contribution is -2.36. The molecule has 5 rings (SSSR count). The zero-order valence-electron chi connectivity index (χ0n) is 17.8. The van der Waals surface area contributed by atoms with Gasteiger partial charge in [-0.05, 0) is 57.0 Å². The lowest BCUT2D eigenvalue weighted by Gasteiger charge is -2.30. The maximum Gasteiger partial charge on any atom is 0.138 e. The SMILES string of the molecule is COc1cc(C)cc(N2c3cc4c(cc3N(C)[C@@H]2C)oc2c(C)cccc24)c1C. The molecular formula is C25H26N2O2. The fourth-order valence-electron chi connectivity index (χ4n) is 4.61. The smallest absolute Gasteiger partial charge is 0.138 e. The molecule has 0 bridgehead atoms. The number of hydrogen-bond donors (Lipinski definition) is 0. The number of furan rings is 1. The van der Waals surface area contributed by atoms with Gasteiger partial charge in [0, 0.05) is 35.1 Å². The van der Waals surface area contributed by atoms with Crippen molar-refractivity contribution < 1.29 is 9.15 Å². The van der Waals surface area contributed by atoms with E-state index in [1.807, 2.05) is 0 Å². The molecule has 0 radical (unpaired) electrons. The predicted octanol–water partition coefficient (Wildman–Crippen LogP) is 6.45. The highest BCUT2D eigenvalue weighted by Crippen LogP contribution is 2.48. The van der Waals surface area contributed by atoms with Crippen LogP contribution >= 0.6 is 0 Å². The van der Waals surface area contributed by atoms with Crippen molar-refractivity contribution in [3.8, 4) is 5.75 Å². The van der Waals surface area contributed by atoms with E-state index in [1.165, 1.54) is 28.0 Å². The number of anilines is 3. The van der Waals surface area contributed by atoms with E-state index in [4.69, 9.17) is 9.15 Å². The molecule has 3 aromatic carbocycles. The number of methoxy groups -OCH3 is 1. The summed E-state index contributed by atoms with van der Waals surface area (Å²) in [5, 5.41) is 2.33. The Labute approximate surface area is 171 Å². The van der Waals surface area contributed by atoms with Gasteiger partial charge < -0.3 is 19.0 Å². The zero-order valence-corrected chi connectivity index (χ0v) is 17.8. The van der Waals surface area contributed by atoms with Crippen LogP contribution in [0.5, 0.6) is 5.75 Å². The summed E-state index contributed by atoms with van der Waals surface area (Å²) in [7, 11) is 3.88. The van der Waals surface area contributed by atoms with Crippen molar-refractivity contribution in [2.75, 3.05) is 24.0 Å². The normalized spacial score (nSPS) is 16.1. The Morgan fingerprint density at radius 3 is 2.48 bits per heavy atom. The van der Waals surface area contributed by atoms with Gasteiger partial charge in [0.25, 0.3) is 0 Å². The van der Waals surface area contributed by atoms with Gasteiger partial charge in [-0.25, -0.2) is 0 Å². The molecule has 2 heterocycles. The largest absolute Gasteiger partial charge is 0.496 e. The molecule has 0 aliphatic carbocycles. The van der Waals surface area contributed by atoms with Gasteiger partial charge in [-0.15, -0.1) is 0 Å². The monoisotopic (exact) mass is 386 g/mol. The van der Waals surface area contributed by atoms with Crippen molar-refractivity contribution in [2.24, 2.45) is 0 Å². The number of para-hydroxylation sites is 1. The molecule has 0 saturated heterocycles. The molecule has 0 fully saturated rings. The summed E-state index contributed by atoms with van der Waals surface area (Å²) in [4.78, 5) is 4.72. The van der Waals surface area contributed by atoms with Crippen LogP contribution in [0.2, 0.25) is 0 Å². The average molecular weight is 386 g/mol. The first kappa shape index (κ1) is 17.9. The molecule has 0 unspecified atom stereocenters. The summed E-state index contributed by atoms with van der Waals surface area (Å²) < 4.78 is 11.9. The lowest BCUT2D eigenvalue weighted by molar-refractivity contribution is 0.411. The first-order chi connectivity index (χ1) is 13.9. The number of fused-ring (bicyclic) bond motifs is 4. The molecule has 0 amide bonds. The molecule has 1 atom stereocenters. The molecule has 4 heteroatoms. The van der Waals surface area contributed by atoms with Gasteiger partial charge in [-0.2, -0.15) is 0 Å². The second-order valence-corrected chi connectivity index (χ2v) is 8.11. The van der Waals surface area contributed by atoms with Crippen LogP contribution < -0.4 is 14.5 Å². The number of nitrogens with zero attached hydrogens (tertiary/aromatic N) is 2. The number of aryl methyl sites for hydroxylation is 2. The Kier molecular flexibility index (Phi) is 3.82. The Bertz CT molecular complexity index is 1270. The molecule has 148 valence electrons. The maximum atomic E-state index is 6.25. The molecule has 0 N–H and O–H groups in total. The average Bonchev–Trinajstić information content (AvgIpc) is 3.18. The zero-order chi connectivity index (χ0) is 20.4. The standard InChI is InChI=1S/C25H26N2O2/c1-14-10-20(16(3)23(11-14)28-6)27-17(4)26(5)21-13-24-19(12-22(21)27)18-9-7-8-15(2)25(18)29-24/h7-13,17H,1-6H3/t17-/m0/s1. The van der Waals surface area contributed by atoms with Crippen LogP contribution in [0.1, 0.15) is 23.6 Å². The van der Waals surface area contributed by atoms with Crippen LogP contribution in [0.15, 0.2) is 46.9 Å². The van der Waals surface area contributed by atoms with Crippen molar-refractivity contribution in [1.29, 1.82) is 0 Å². The van der Waals surface area contributed by atoms with Crippen LogP contribution in [-0.4, -0.2) is 20.3 Å². The van der Waals surface area contributed by atoms with Crippen molar-refractivity contribution in [2.45, 2.75) is 33.9 Å². The Morgan fingerprint density at radius 1 is 0.931 bits per heavy atom. The van der Waals surface area contributed by atoms with E-state index in [9.17, 15) is 0 Å². The van der Waals surface area contributed by atoms with Crippen molar-refractivity contribution in [3.63, 3.8) is 0 Å². The Balaban J connectivity index is 1.79. The minimum Gasteiger partial charge on any atom is -0.496 e. The van der Waals surface area contributed by atoms with Crippen molar-refractivity contribution in [1.82, 2.24) is 0 Å². The summed E-state index contributed by atoms with van der Waals surface area (Å²) in [5.74, 6) is 0.925. The highest BCUT2D eigenvalue weighted by atomic mass is 16.5. The summed E-state index contributed by atoms with van der Waals surface area (Å²) in [6.07, 6.45) is 0.190. The quantitative estimate of drug-likeness (QED) is 0.396.